The zero-order chi connectivity index (χ0) is 13.6. The normalized spacial score (nSPS) is 10.4. The van der Waals surface area contributed by atoms with Crippen LogP contribution in [-0.4, -0.2) is 27.7 Å². The average Bonchev–Trinajstić information content (AvgIpc) is 2.25. The molecular weight excluding hydrogens is 236 g/mol. The van der Waals surface area contributed by atoms with Crippen LogP contribution in [0.5, 0.6) is 0 Å². The molecule has 1 N–H and O–H groups in total. The highest BCUT2D eigenvalue weighted by Gasteiger charge is 2.16. The van der Waals surface area contributed by atoms with E-state index in [-0.39, 0.29) is 12.5 Å². The molecule has 0 spiro atoms. The van der Waals surface area contributed by atoms with Crippen LogP contribution in [0.25, 0.3) is 0 Å². The fourth-order valence-corrected chi connectivity index (χ4v) is 1.02. The number of nitrogens with one attached hydrogen (secondary N) is 1. The Morgan fingerprint density at radius 2 is 2.06 bits per heavy atom. The fraction of sp³-hybridized carbons (Fsp3) is 0.455. The third-order valence-electron chi connectivity index (χ3n) is 1.64. The lowest BCUT2D eigenvalue weighted by Crippen LogP contribution is -2.27. The van der Waals surface area contributed by atoms with E-state index in [2.05, 4.69) is 20.3 Å². The van der Waals surface area contributed by atoms with Crippen LogP contribution in [-0.2, 0) is 16.1 Å². The molecule has 0 aliphatic heterocycles. The Morgan fingerprint density at radius 1 is 1.44 bits per heavy atom. The molecule has 1 aromatic heterocycles. The standard InChI is InChI=1S/C11H14N4O3/c1-11(2,3)18-10(17)15-9-13-5-8(6-14-9)4-12-7-16/h5-6H,4H2,1-3H3,(H,13,14,15,17). The minimum atomic E-state index is -0.624. The van der Waals surface area contributed by atoms with E-state index in [1.165, 1.54) is 18.5 Å². The zero-order valence-electron chi connectivity index (χ0n) is 10.4. The van der Waals surface area contributed by atoms with Crippen molar-refractivity contribution in [1.82, 2.24) is 9.97 Å². The van der Waals surface area contributed by atoms with E-state index in [9.17, 15) is 9.59 Å². The van der Waals surface area contributed by atoms with Crippen molar-refractivity contribution in [3.63, 3.8) is 0 Å². The number of amides is 1. The summed E-state index contributed by atoms with van der Waals surface area (Å²) in [4.78, 5) is 32.5. The van der Waals surface area contributed by atoms with E-state index in [0.717, 1.165) is 0 Å². The lowest BCUT2D eigenvalue weighted by Gasteiger charge is -2.19. The number of carbonyl (C=O) groups excluding carboxylic acids is 2. The number of hydrogen-bond acceptors (Lipinski definition) is 6. The number of aliphatic imine (C=N–C) groups is 1. The summed E-state index contributed by atoms with van der Waals surface area (Å²) in [6, 6.07) is 0. The molecule has 1 heterocycles. The number of anilines is 1. The number of ether oxygens (including phenoxy) is 1. The lowest BCUT2D eigenvalue weighted by atomic mass is 10.2. The SMILES string of the molecule is CC(C)(C)OC(=O)Nc1ncc(CN=C=O)cn1. The van der Waals surface area contributed by atoms with Crippen molar-refractivity contribution in [2.45, 2.75) is 32.9 Å². The van der Waals surface area contributed by atoms with Gasteiger partial charge in [-0.25, -0.2) is 24.5 Å². The molecule has 0 atom stereocenters. The topological polar surface area (TPSA) is 93.5 Å². The van der Waals surface area contributed by atoms with Crippen molar-refractivity contribution >= 4 is 18.1 Å². The number of carbonyl (C=O) groups is 1. The number of rotatable bonds is 3. The molecule has 7 nitrogen and oxygen atoms in total. The molecule has 0 unspecified atom stereocenters. The predicted octanol–water partition coefficient (Wildman–Crippen LogP) is 1.66. The summed E-state index contributed by atoms with van der Waals surface area (Å²) in [5.74, 6) is 0.128. The molecule has 1 amide bonds. The van der Waals surface area contributed by atoms with Crippen molar-refractivity contribution in [3.8, 4) is 0 Å². The average molecular weight is 250 g/mol. The summed E-state index contributed by atoms with van der Waals surface area (Å²) in [5, 5.41) is 2.39. The van der Waals surface area contributed by atoms with Crippen molar-refractivity contribution in [2.75, 3.05) is 5.32 Å². The maximum atomic E-state index is 11.4. The van der Waals surface area contributed by atoms with Crippen molar-refractivity contribution in [2.24, 2.45) is 4.99 Å². The van der Waals surface area contributed by atoms with Crippen LogP contribution in [0, 0.1) is 0 Å². The third-order valence-corrected chi connectivity index (χ3v) is 1.64. The molecule has 0 saturated carbocycles. The van der Waals surface area contributed by atoms with Crippen LogP contribution in [0.2, 0.25) is 0 Å². The first kappa shape index (κ1) is 13.8. The predicted molar refractivity (Wildman–Crippen MR) is 63.7 cm³/mol. The molecule has 18 heavy (non-hydrogen) atoms. The first-order valence-electron chi connectivity index (χ1n) is 5.25. The van der Waals surface area contributed by atoms with Crippen LogP contribution in [0.4, 0.5) is 10.7 Å². The number of nitrogens with zero attached hydrogens (tertiary/aromatic N) is 3. The molecule has 0 aliphatic carbocycles. The van der Waals surface area contributed by atoms with Crippen molar-refractivity contribution < 1.29 is 14.3 Å². The fourth-order valence-electron chi connectivity index (χ4n) is 1.02. The number of isocyanates is 1. The second-order valence-corrected chi connectivity index (χ2v) is 4.45. The number of aromatic nitrogens is 2. The van der Waals surface area contributed by atoms with Gasteiger partial charge in [-0.05, 0) is 20.8 Å². The van der Waals surface area contributed by atoms with Gasteiger partial charge in [-0.1, -0.05) is 0 Å². The summed E-state index contributed by atoms with van der Waals surface area (Å²) in [6.45, 7) is 5.44. The van der Waals surface area contributed by atoms with Crippen LogP contribution in [0.15, 0.2) is 17.4 Å². The van der Waals surface area contributed by atoms with Gasteiger partial charge in [0.15, 0.2) is 0 Å². The van der Waals surface area contributed by atoms with Gasteiger partial charge >= 0.3 is 6.09 Å². The van der Waals surface area contributed by atoms with Gasteiger partial charge in [0.2, 0.25) is 12.0 Å². The van der Waals surface area contributed by atoms with Gasteiger partial charge in [0.1, 0.15) is 5.60 Å². The van der Waals surface area contributed by atoms with Gasteiger partial charge in [0, 0.05) is 18.0 Å². The van der Waals surface area contributed by atoms with Crippen molar-refractivity contribution in [1.29, 1.82) is 0 Å². The highest BCUT2D eigenvalue weighted by Crippen LogP contribution is 2.09. The Kier molecular flexibility index (Phi) is 4.51. The highest BCUT2D eigenvalue weighted by atomic mass is 16.6. The van der Waals surface area contributed by atoms with E-state index in [4.69, 9.17) is 4.74 Å². The van der Waals surface area contributed by atoms with E-state index in [1.54, 1.807) is 20.8 Å². The third kappa shape index (κ3) is 5.18. The molecule has 0 radical (unpaired) electrons. The minimum Gasteiger partial charge on any atom is -0.444 e. The zero-order valence-corrected chi connectivity index (χ0v) is 10.4. The quantitative estimate of drug-likeness (QED) is 0.650. The summed E-state index contributed by atoms with van der Waals surface area (Å²) < 4.78 is 5.04. The van der Waals surface area contributed by atoms with E-state index in [1.807, 2.05) is 0 Å². The van der Waals surface area contributed by atoms with Gasteiger partial charge in [0.05, 0.1) is 6.54 Å². The van der Waals surface area contributed by atoms with Crippen LogP contribution < -0.4 is 5.32 Å². The van der Waals surface area contributed by atoms with Crippen LogP contribution >= 0.6 is 0 Å². The van der Waals surface area contributed by atoms with Crippen LogP contribution in [0.3, 0.4) is 0 Å². The maximum Gasteiger partial charge on any atom is 0.414 e. The molecule has 1 aromatic rings. The molecular formula is C11H14N4O3. The molecule has 0 fully saturated rings. The van der Waals surface area contributed by atoms with Crippen LogP contribution in [0.1, 0.15) is 26.3 Å². The number of hydrogen-bond donors (Lipinski definition) is 1. The van der Waals surface area contributed by atoms with Gasteiger partial charge < -0.3 is 4.74 Å². The van der Waals surface area contributed by atoms with Gasteiger partial charge in [-0.15, -0.1) is 0 Å². The lowest BCUT2D eigenvalue weighted by molar-refractivity contribution is 0.0634. The van der Waals surface area contributed by atoms with Gasteiger partial charge in [0.25, 0.3) is 0 Å². The summed E-state index contributed by atoms with van der Waals surface area (Å²) >= 11 is 0. The molecule has 96 valence electrons. The first-order chi connectivity index (χ1) is 8.40. The Bertz CT molecular complexity index is 458. The monoisotopic (exact) mass is 250 g/mol. The van der Waals surface area contributed by atoms with E-state index in [0.29, 0.717) is 5.56 Å². The molecule has 0 aromatic carbocycles. The molecule has 0 aliphatic rings. The van der Waals surface area contributed by atoms with E-state index < -0.39 is 11.7 Å². The Balaban J connectivity index is 2.58. The Morgan fingerprint density at radius 3 is 2.56 bits per heavy atom. The van der Waals surface area contributed by atoms with Crippen molar-refractivity contribution in [3.05, 3.63) is 18.0 Å². The first-order valence-corrected chi connectivity index (χ1v) is 5.25. The van der Waals surface area contributed by atoms with Gasteiger partial charge in [-0.2, -0.15) is 0 Å². The van der Waals surface area contributed by atoms with Gasteiger partial charge in [-0.3, -0.25) is 5.32 Å². The Labute approximate surface area is 104 Å². The highest BCUT2D eigenvalue weighted by molar-refractivity contribution is 5.82. The second kappa shape index (κ2) is 5.88. The summed E-state index contributed by atoms with van der Waals surface area (Å²) in [7, 11) is 0. The largest absolute Gasteiger partial charge is 0.444 e. The minimum absolute atomic E-state index is 0.128. The Hall–Kier alpha value is -2.27. The van der Waals surface area contributed by atoms with E-state index >= 15 is 0 Å². The molecule has 7 heteroatoms. The molecule has 0 saturated heterocycles. The summed E-state index contributed by atoms with van der Waals surface area (Å²) in [5.41, 5.74) is 0.0657. The maximum absolute atomic E-state index is 11.4. The molecule has 1 rings (SSSR count). The smallest absolute Gasteiger partial charge is 0.414 e. The summed E-state index contributed by atoms with van der Waals surface area (Å²) in [6.07, 6.45) is 3.71. The molecule has 0 bridgehead atoms. The second-order valence-electron chi connectivity index (χ2n) is 4.45.